The number of aryl methyl sites for hydroxylation is 2. The van der Waals surface area contributed by atoms with E-state index in [2.05, 4.69) is 16.0 Å². The highest BCUT2D eigenvalue weighted by Gasteiger charge is 2.28. The topological polar surface area (TPSA) is 66.3 Å². The maximum Gasteiger partial charge on any atom is 0.168 e. The lowest BCUT2D eigenvalue weighted by Gasteiger charge is -2.31. The van der Waals surface area contributed by atoms with Crippen LogP contribution < -0.4 is 5.06 Å². The first kappa shape index (κ1) is 10.6. The number of hydrogen-bond donors (Lipinski definition) is 1. The van der Waals surface area contributed by atoms with Crippen molar-refractivity contribution in [3.05, 3.63) is 40.6 Å². The van der Waals surface area contributed by atoms with Gasteiger partial charge in [0.05, 0.1) is 17.9 Å². The third-order valence-corrected chi connectivity index (χ3v) is 3.73. The maximum atomic E-state index is 10.9. The summed E-state index contributed by atoms with van der Waals surface area (Å²) in [5.41, 5.74) is 5.30. The second-order valence-electron chi connectivity index (χ2n) is 4.90. The summed E-state index contributed by atoms with van der Waals surface area (Å²) in [6, 6.07) is 5.76. The van der Waals surface area contributed by atoms with Crippen molar-refractivity contribution >= 4 is 12.1 Å². The van der Waals surface area contributed by atoms with Gasteiger partial charge < -0.3 is 0 Å². The Morgan fingerprint density at radius 1 is 1.11 bits per heavy atom. The number of hydroxylamine groups is 1. The summed E-state index contributed by atoms with van der Waals surface area (Å²) in [6.45, 7) is 0.532. The Morgan fingerprint density at radius 3 is 2.68 bits per heavy atom. The maximum absolute atomic E-state index is 10.9. The van der Waals surface area contributed by atoms with E-state index >= 15 is 0 Å². The largest absolute Gasteiger partial charge is 0.296 e. The van der Waals surface area contributed by atoms with E-state index < -0.39 is 0 Å². The summed E-state index contributed by atoms with van der Waals surface area (Å²) in [4.78, 5) is 19.7. The van der Waals surface area contributed by atoms with Gasteiger partial charge in [0, 0.05) is 5.56 Å². The van der Waals surface area contributed by atoms with Gasteiger partial charge in [0.1, 0.15) is 5.69 Å². The number of carbonyl (C=O) groups is 1. The lowest BCUT2D eigenvalue weighted by Crippen LogP contribution is -2.30. The average molecular weight is 253 g/mol. The minimum Gasteiger partial charge on any atom is -0.296 e. The molecular formula is C14H11N3O2. The Balaban J connectivity index is 1.95. The lowest BCUT2D eigenvalue weighted by atomic mass is 9.90. The van der Waals surface area contributed by atoms with Crippen molar-refractivity contribution < 1.29 is 10.0 Å². The molecule has 0 amide bonds. The van der Waals surface area contributed by atoms with Gasteiger partial charge in [-0.25, -0.2) is 15.0 Å². The quantitative estimate of drug-likeness (QED) is 0.784. The van der Waals surface area contributed by atoms with Gasteiger partial charge in [-0.3, -0.25) is 10.0 Å². The van der Waals surface area contributed by atoms with Gasteiger partial charge in [0.25, 0.3) is 0 Å². The minimum absolute atomic E-state index is 0.414. The number of anilines is 1. The fraction of sp³-hybridized carbons (Fsp3) is 0.214. The Hall–Kier alpha value is -2.27. The van der Waals surface area contributed by atoms with Crippen LogP contribution in [-0.2, 0) is 19.4 Å². The Kier molecular flexibility index (Phi) is 2.02. The van der Waals surface area contributed by atoms with E-state index in [1.54, 1.807) is 6.07 Å². The van der Waals surface area contributed by atoms with Crippen LogP contribution in [0.1, 0.15) is 27.2 Å². The predicted molar refractivity (Wildman–Crippen MR) is 68.2 cm³/mol. The molecule has 94 valence electrons. The summed E-state index contributed by atoms with van der Waals surface area (Å²) in [5.74, 6) is 0.602. The molecule has 0 saturated heterocycles. The SMILES string of the molecule is O=Cc1ccc2c(n1)-c1nc3c(cc1CC2)CN3O. The highest BCUT2D eigenvalue weighted by atomic mass is 16.5. The number of carbonyl (C=O) groups excluding carboxylic acids is 1. The average Bonchev–Trinajstić information content (AvgIpc) is 2.44. The van der Waals surface area contributed by atoms with Crippen LogP contribution in [0.4, 0.5) is 5.82 Å². The number of aromatic nitrogens is 2. The van der Waals surface area contributed by atoms with E-state index in [1.807, 2.05) is 6.07 Å². The summed E-state index contributed by atoms with van der Waals surface area (Å²) < 4.78 is 0. The monoisotopic (exact) mass is 253 g/mol. The van der Waals surface area contributed by atoms with Gasteiger partial charge in [-0.15, -0.1) is 0 Å². The van der Waals surface area contributed by atoms with Crippen molar-refractivity contribution in [2.45, 2.75) is 19.4 Å². The second kappa shape index (κ2) is 3.61. The summed E-state index contributed by atoms with van der Waals surface area (Å²) >= 11 is 0. The number of aldehydes is 1. The van der Waals surface area contributed by atoms with Gasteiger partial charge in [-0.2, -0.15) is 0 Å². The third-order valence-electron chi connectivity index (χ3n) is 3.73. The molecule has 0 aromatic carbocycles. The van der Waals surface area contributed by atoms with Crippen molar-refractivity contribution in [2.75, 3.05) is 5.06 Å². The van der Waals surface area contributed by atoms with Crippen molar-refractivity contribution in [1.82, 2.24) is 9.97 Å². The minimum atomic E-state index is 0.414. The zero-order valence-corrected chi connectivity index (χ0v) is 10.1. The highest BCUT2D eigenvalue weighted by molar-refractivity contribution is 5.76. The molecule has 2 aliphatic rings. The van der Waals surface area contributed by atoms with Crippen LogP contribution in [0.15, 0.2) is 18.2 Å². The molecule has 0 radical (unpaired) electrons. The molecule has 1 aliphatic heterocycles. The van der Waals surface area contributed by atoms with Crippen LogP contribution in [0.5, 0.6) is 0 Å². The van der Waals surface area contributed by atoms with E-state index in [1.165, 1.54) is 0 Å². The van der Waals surface area contributed by atoms with Crippen LogP contribution in [0.25, 0.3) is 11.4 Å². The first-order valence-electron chi connectivity index (χ1n) is 6.21. The van der Waals surface area contributed by atoms with Gasteiger partial charge in [0.2, 0.25) is 0 Å². The van der Waals surface area contributed by atoms with Crippen molar-refractivity contribution in [2.24, 2.45) is 0 Å². The number of nitrogens with zero attached hydrogens (tertiary/aromatic N) is 3. The Morgan fingerprint density at radius 2 is 1.89 bits per heavy atom. The standard InChI is InChI=1S/C14H11N3O2/c18-7-11-4-3-8-1-2-9-5-10-6-17(19)14(10)16-13(9)12(8)15-11/h3-5,7,19H,1-2,6H2. The molecule has 19 heavy (non-hydrogen) atoms. The van der Waals surface area contributed by atoms with Crippen LogP contribution in [0.2, 0.25) is 0 Å². The highest BCUT2D eigenvalue weighted by Crippen LogP contribution is 2.37. The molecule has 4 rings (SSSR count). The van der Waals surface area contributed by atoms with Crippen LogP contribution >= 0.6 is 0 Å². The molecular weight excluding hydrogens is 242 g/mol. The number of fused-ring (bicyclic) bond motifs is 4. The molecule has 0 fully saturated rings. The second-order valence-corrected chi connectivity index (χ2v) is 4.90. The molecule has 3 heterocycles. The fourth-order valence-electron chi connectivity index (χ4n) is 2.72. The normalized spacial score (nSPS) is 15.1. The molecule has 1 aliphatic carbocycles. The van der Waals surface area contributed by atoms with Crippen LogP contribution in [0, 0.1) is 0 Å². The molecule has 0 atom stereocenters. The van der Waals surface area contributed by atoms with E-state index in [0.29, 0.717) is 18.1 Å². The molecule has 2 aromatic heterocycles. The molecule has 0 spiro atoms. The van der Waals surface area contributed by atoms with Crippen molar-refractivity contribution in [1.29, 1.82) is 0 Å². The van der Waals surface area contributed by atoms with Crippen LogP contribution in [-0.4, -0.2) is 21.5 Å². The first-order valence-corrected chi connectivity index (χ1v) is 6.21. The fourth-order valence-corrected chi connectivity index (χ4v) is 2.72. The number of hydrogen-bond acceptors (Lipinski definition) is 5. The Labute approximate surface area is 109 Å². The number of pyridine rings is 2. The van der Waals surface area contributed by atoms with Gasteiger partial charge in [-0.05, 0) is 36.1 Å². The van der Waals surface area contributed by atoms with E-state index in [4.69, 9.17) is 0 Å². The van der Waals surface area contributed by atoms with Crippen LogP contribution in [0.3, 0.4) is 0 Å². The van der Waals surface area contributed by atoms with Gasteiger partial charge in [0.15, 0.2) is 12.1 Å². The zero-order chi connectivity index (χ0) is 13.0. The first-order chi connectivity index (χ1) is 9.26. The molecule has 0 saturated carbocycles. The van der Waals surface area contributed by atoms with Gasteiger partial charge >= 0.3 is 0 Å². The molecule has 0 unspecified atom stereocenters. The molecule has 5 nitrogen and oxygen atoms in total. The summed E-state index contributed by atoms with van der Waals surface area (Å²) in [6.07, 6.45) is 2.59. The van der Waals surface area contributed by atoms with Gasteiger partial charge in [-0.1, -0.05) is 6.07 Å². The predicted octanol–water partition coefficient (Wildman–Crippen LogP) is 1.76. The van der Waals surface area contributed by atoms with E-state index in [9.17, 15) is 10.0 Å². The molecule has 0 bridgehead atoms. The third kappa shape index (κ3) is 1.42. The molecule has 5 heteroatoms. The van der Waals surface area contributed by atoms with Crippen molar-refractivity contribution in [3.8, 4) is 11.4 Å². The molecule has 1 N–H and O–H groups in total. The lowest BCUT2D eigenvalue weighted by molar-refractivity contribution is 0.111. The smallest absolute Gasteiger partial charge is 0.168 e. The summed E-state index contributed by atoms with van der Waals surface area (Å²) in [7, 11) is 0. The Bertz CT molecular complexity index is 712. The zero-order valence-electron chi connectivity index (χ0n) is 10.1. The summed E-state index contributed by atoms with van der Waals surface area (Å²) in [5, 5.41) is 10.7. The molecule has 2 aromatic rings. The van der Waals surface area contributed by atoms with E-state index in [-0.39, 0.29) is 0 Å². The number of rotatable bonds is 1. The van der Waals surface area contributed by atoms with E-state index in [0.717, 1.165) is 52.3 Å². The van der Waals surface area contributed by atoms with Crippen molar-refractivity contribution in [3.63, 3.8) is 0 Å².